The first-order valence-corrected chi connectivity index (χ1v) is 6.22. The van der Waals surface area contributed by atoms with Gasteiger partial charge in [-0.25, -0.2) is 4.79 Å². The predicted octanol–water partition coefficient (Wildman–Crippen LogP) is 1.28. The van der Waals surface area contributed by atoms with Gasteiger partial charge in [0, 0.05) is 12.1 Å². The lowest BCUT2D eigenvalue weighted by Crippen LogP contribution is -2.50. The molecule has 0 N–H and O–H groups in total. The number of rotatable bonds is 3. The van der Waals surface area contributed by atoms with Crippen molar-refractivity contribution in [3.8, 4) is 0 Å². The smallest absolute Gasteiger partial charge is 0.330 e. The Bertz CT molecular complexity index is 531. The van der Waals surface area contributed by atoms with E-state index in [1.54, 1.807) is 30.0 Å². The van der Waals surface area contributed by atoms with Crippen LogP contribution in [0.1, 0.15) is 5.56 Å². The van der Waals surface area contributed by atoms with Crippen LogP contribution in [0.2, 0.25) is 0 Å². The Hall–Kier alpha value is -2.15. The number of morpholine rings is 1. The number of benzene rings is 1. The van der Waals surface area contributed by atoms with Crippen LogP contribution in [0.25, 0.3) is 0 Å². The van der Waals surface area contributed by atoms with E-state index in [0.717, 1.165) is 0 Å². The molecule has 0 amide bonds. The molecule has 1 saturated heterocycles. The molecule has 7 heteroatoms. The molecule has 0 saturated carbocycles. The predicted molar refractivity (Wildman–Crippen MR) is 71.8 cm³/mol. The second-order valence-electron chi connectivity index (χ2n) is 4.51. The van der Waals surface area contributed by atoms with Crippen LogP contribution in [0.3, 0.4) is 0 Å². The number of anilines is 1. The van der Waals surface area contributed by atoms with Crippen molar-refractivity contribution < 1.29 is 19.2 Å². The van der Waals surface area contributed by atoms with E-state index in [2.05, 4.69) is 0 Å². The number of para-hydroxylation sites is 1. The summed E-state index contributed by atoms with van der Waals surface area (Å²) in [6.45, 7) is 2.66. The van der Waals surface area contributed by atoms with Gasteiger partial charge in [0.1, 0.15) is 5.69 Å². The summed E-state index contributed by atoms with van der Waals surface area (Å²) in [5.74, 6) is -0.458. The summed E-state index contributed by atoms with van der Waals surface area (Å²) in [7, 11) is 1.29. The number of nitro benzene ring substituents is 1. The van der Waals surface area contributed by atoms with Crippen LogP contribution in [0.5, 0.6) is 0 Å². The van der Waals surface area contributed by atoms with Crippen molar-refractivity contribution in [3.63, 3.8) is 0 Å². The fraction of sp³-hybridized carbons (Fsp3) is 0.462. The Balaban J connectivity index is 2.45. The summed E-state index contributed by atoms with van der Waals surface area (Å²) in [5, 5.41) is 11.3. The van der Waals surface area contributed by atoms with Gasteiger partial charge >= 0.3 is 5.97 Å². The average Bonchev–Trinajstić information content (AvgIpc) is 2.45. The molecule has 0 bridgehead atoms. The molecule has 1 aromatic carbocycles. The topological polar surface area (TPSA) is 81.9 Å². The van der Waals surface area contributed by atoms with E-state index < -0.39 is 16.9 Å². The van der Waals surface area contributed by atoms with Gasteiger partial charge < -0.3 is 14.4 Å². The van der Waals surface area contributed by atoms with Crippen molar-refractivity contribution in [1.29, 1.82) is 0 Å². The molecule has 0 aromatic heterocycles. The fourth-order valence-corrected chi connectivity index (χ4v) is 2.34. The van der Waals surface area contributed by atoms with Crippen LogP contribution in [0.4, 0.5) is 11.4 Å². The molecule has 0 aliphatic carbocycles. The summed E-state index contributed by atoms with van der Waals surface area (Å²) in [5.41, 5.74) is 1.000. The maximum Gasteiger partial charge on any atom is 0.330 e. The highest BCUT2D eigenvalue weighted by Crippen LogP contribution is 2.33. The normalized spacial score (nSPS) is 18.7. The van der Waals surface area contributed by atoms with Crippen LogP contribution in [-0.2, 0) is 14.3 Å². The summed E-state index contributed by atoms with van der Waals surface area (Å²) < 4.78 is 10.0. The minimum atomic E-state index is -0.658. The fourth-order valence-electron chi connectivity index (χ4n) is 2.34. The highest BCUT2D eigenvalue weighted by Gasteiger charge is 2.34. The van der Waals surface area contributed by atoms with Gasteiger partial charge in [-0.2, -0.15) is 0 Å². The SMILES string of the molecule is COC(=O)C1COCCN1c1cccc(C)c1[N+](=O)[O-]. The maximum absolute atomic E-state index is 11.8. The van der Waals surface area contributed by atoms with Crippen LogP contribution in [0.15, 0.2) is 18.2 Å². The van der Waals surface area contributed by atoms with Crippen molar-refractivity contribution in [3.05, 3.63) is 33.9 Å². The Morgan fingerprint density at radius 3 is 2.95 bits per heavy atom. The zero-order chi connectivity index (χ0) is 14.7. The first kappa shape index (κ1) is 14.3. The summed E-state index contributed by atoms with van der Waals surface area (Å²) in [6.07, 6.45) is 0. The van der Waals surface area contributed by atoms with E-state index in [9.17, 15) is 14.9 Å². The molecule has 1 atom stereocenters. The van der Waals surface area contributed by atoms with E-state index in [0.29, 0.717) is 24.4 Å². The Morgan fingerprint density at radius 1 is 1.55 bits per heavy atom. The number of nitro groups is 1. The number of carbonyl (C=O) groups is 1. The molecule has 1 aliphatic rings. The molecular weight excluding hydrogens is 264 g/mol. The minimum absolute atomic E-state index is 0.0169. The average molecular weight is 280 g/mol. The van der Waals surface area contributed by atoms with Crippen LogP contribution in [-0.4, -0.2) is 43.8 Å². The molecule has 2 rings (SSSR count). The van der Waals surface area contributed by atoms with Gasteiger partial charge in [0.15, 0.2) is 6.04 Å². The number of carbonyl (C=O) groups excluding carboxylic acids is 1. The second kappa shape index (κ2) is 5.87. The standard InChI is InChI=1S/C13H16N2O5/c1-9-4-3-5-10(12(9)15(17)18)14-6-7-20-8-11(14)13(16)19-2/h3-5,11H,6-8H2,1-2H3. The van der Waals surface area contributed by atoms with Gasteiger partial charge in [0.2, 0.25) is 0 Å². The minimum Gasteiger partial charge on any atom is -0.467 e. The monoisotopic (exact) mass is 280 g/mol. The van der Waals surface area contributed by atoms with Crippen molar-refractivity contribution in [2.75, 3.05) is 31.8 Å². The third kappa shape index (κ3) is 2.57. The van der Waals surface area contributed by atoms with Crippen LogP contribution < -0.4 is 4.90 Å². The molecule has 1 unspecified atom stereocenters. The summed E-state index contributed by atoms with van der Waals surface area (Å²) >= 11 is 0. The van der Waals surface area contributed by atoms with Gasteiger partial charge in [-0.15, -0.1) is 0 Å². The number of ether oxygens (including phenoxy) is 2. The van der Waals surface area contributed by atoms with Gasteiger partial charge in [-0.1, -0.05) is 12.1 Å². The lowest BCUT2D eigenvalue weighted by atomic mass is 10.1. The van der Waals surface area contributed by atoms with Gasteiger partial charge in [0.05, 0.1) is 25.2 Å². The number of methoxy groups -OCH3 is 1. The second-order valence-corrected chi connectivity index (χ2v) is 4.51. The zero-order valence-corrected chi connectivity index (χ0v) is 11.4. The highest BCUT2D eigenvalue weighted by atomic mass is 16.6. The van der Waals surface area contributed by atoms with Gasteiger partial charge in [0.25, 0.3) is 5.69 Å². The third-order valence-electron chi connectivity index (χ3n) is 3.31. The number of esters is 1. The van der Waals surface area contributed by atoms with Crippen molar-refractivity contribution in [2.45, 2.75) is 13.0 Å². The molecule has 108 valence electrons. The van der Waals surface area contributed by atoms with E-state index in [1.165, 1.54) is 7.11 Å². The molecule has 1 aliphatic heterocycles. The molecule has 7 nitrogen and oxygen atoms in total. The molecular formula is C13H16N2O5. The summed E-state index contributed by atoms with van der Waals surface area (Å²) in [4.78, 5) is 24.3. The summed E-state index contributed by atoms with van der Waals surface area (Å²) in [6, 6.07) is 4.40. The number of hydrogen-bond donors (Lipinski definition) is 0. The Kier molecular flexibility index (Phi) is 4.19. The lowest BCUT2D eigenvalue weighted by Gasteiger charge is -2.35. The molecule has 1 aromatic rings. The Labute approximate surface area is 116 Å². The van der Waals surface area contributed by atoms with Gasteiger partial charge in [-0.3, -0.25) is 10.1 Å². The lowest BCUT2D eigenvalue weighted by molar-refractivity contribution is -0.384. The van der Waals surface area contributed by atoms with Crippen molar-refractivity contribution in [1.82, 2.24) is 0 Å². The first-order valence-electron chi connectivity index (χ1n) is 6.22. The van der Waals surface area contributed by atoms with Crippen LogP contribution >= 0.6 is 0 Å². The third-order valence-corrected chi connectivity index (χ3v) is 3.31. The molecule has 1 heterocycles. The quantitative estimate of drug-likeness (QED) is 0.471. The number of nitrogens with zero attached hydrogens (tertiary/aromatic N) is 2. The van der Waals surface area contributed by atoms with Crippen LogP contribution in [0, 0.1) is 17.0 Å². The van der Waals surface area contributed by atoms with E-state index in [-0.39, 0.29) is 12.3 Å². The largest absolute Gasteiger partial charge is 0.467 e. The van der Waals surface area contributed by atoms with E-state index >= 15 is 0 Å². The molecule has 0 radical (unpaired) electrons. The Morgan fingerprint density at radius 2 is 2.30 bits per heavy atom. The van der Waals surface area contributed by atoms with Crippen molar-refractivity contribution >= 4 is 17.3 Å². The number of hydrogen-bond acceptors (Lipinski definition) is 6. The number of aryl methyl sites for hydroxylation is 1. The molecule has 0 spiro atoms. The van der Waals surface area contributed by atoms with E-state index in [1.807, 2.05) is 0 Å². The van der Waals surface area contributed by atoms with E-state index in [4.69, 9.17) is 9.47 Å². The highest BCUT2D eigenvalue weighted by molar-refractivity contribution is 5.82. The maximum atomic E-state index is 11.8. The molecule has 20 heavy (non-hydrogen) atoms. The van der Waals surface area contributed by atoms with Gasteiger partial charge in [-0.05, 0) is 13.0 Å². The zero-order valence-electron chi connectivity index (χ0n) is 11.4. The first-order chi connectivity index (χ1) is 9.56. The molecule has 1 fully saturated rings. The van der Waals surface area contributed by atoms with Crippen molar-refractivity contribution in [2.24, 2.45) is 0 Å².